The van der Waals surface area contributed by atoms with Crippen LogP contribution in [0.25, 0.3) is 0 Å². The zero-order chi connectivity index (χ0) is 14.4. The molecule has 1 fully saturated rings. The van der Waals surface area contributed by atoms with Crippen LogP contribution in [0, 0.1) is 11.8 Å². The number of aliphatic carboxylic acids is 1. The lowest BCUT2D eigenvalue weighted by molar-refractivity contribution is -0.142. The Kier molecular flexibility index (Phi) is 6.28. The maximum absolute atomic E-state index is 11.9. The predicted molar refractivity (Wildman–Crippen MR) is 73.9 cm³/mol. The first-order valence-corrected chi connectivity index (χ1v) is 7.09. The van der Waals surface area contributed by atoms with Crippen LogP contribution in [0.1, 0.15) is 39.5 Å². The number of carboxylic acid groups (broad SMARTS) is 1. The number of carbonyl (C=O) groups is 2. The highest BCUT2D eigenvalue weighted by atomic mass is 16.4. The van der Waals surface area contributed by atoms with E-state index in [1.807, 2.05) is 13.8 Å². The summed E-state index contributed by atoms with van der Waals surface area (Å²) in [6.07, 6.45) is 3.08. The molecular formula is C14H26N2O3. The van der Waals surface area contributed by atoms with E-state index in [4.69, 9.17) is 5.11 Å². The van der Waals surface area contributed by atoms with E-state index >= 15 is 0 Å². The van der Waals surface area contributed by atoms with Crippen molar-refractivity contribution in [1.82, 2.24) is 10.2 Å². The van der Waals surface area contributed by atoms with Gasteiger partial charge in [0.1, 0.15) is 6.04 Å². The van der Waals surface area contributed by atoms with Crippen molar-refractivity contribution in [3.8, 4) is 0 Å². The maximum Gasteiger partial charge on any atom is 0.326 e. The van der Waals surface area contributed by atoms with E-state index in [1.54, 1.807) is 0 Å². The summed E-state index contributed by atoms with van der Waals surface area (Å²) in [5, 5.41) is 11.7. The molecule has 0 spiro atoms. The van der Waals surface area contributed by atoms with Gasteiger partial charge in [-0.25, -0.2) is 4.79 Å². The second-order valence-corrected chi connectivity index (χ2v) is 6.06. The minimum absolute atomic E-state index is 0.131. The molecule has 0 radical (unpaired) electrons. The molecular weight excluding hydrogens is 244 g/mol. The summed E-state index contributed by atoms with van der Waals surface area (Å²) >= 11 is 0. The predicted octanol–water partition coefficient (Wildman–Crippen LogP) is 1.33. The largest absolute Gasteiger partial charge is 0.480 e. The SMILES string of the molecule is CC(C)C[C@@H](NC(=O)CC1CCCN(C)C1)C(=O)O. The molecule has 5 heteroatoms. The van der Waals surface area contributed by atoms with Crippen LogP contribution in [0.15, 0.2) is 0 Å². The van der Waals surface area contributed by atoms with E-state index in [9.17, 15) is 9.59 Å². The summed E-state index contributed by atoms with van der Waals surface area (Å²) in [5.74, 6) is -0.467. The number of nitrogens with one attached hydrogen (secondary N) is 1. The van der Waals surface area contributed by atoms with Gasteiger partial charge < -0.3 is 15.3 Å². The number of carbonyl (C=O) groups excluding carboxylic acids is 1. The highest BCUT2D eigenvalue weighted by Crippen LogP contribution is 2.18. The lowest BCUT2D eigenvalue weighted by Crippen LogP contribution is -2.43. The molecule has 1 saturated heterocycles. The molecule has 19 heavy (non-hydrogen) atoms. The lowest BCUT2D eigenvalue weighted by Gasteiger charge is -2.29. The van der Waals surface area contributed by atoms with Crippen molar-refractivity contribution in [3.05, 3.63) is 0 Å². The number of nitrogens with zero attached hydrogens (tertiary/aromatic N) is 1. The van der Waals surface area contributed by atoms with Crippen molar-refractivity contribution < 1.29 is 14.7 Å². The Morgan fingerprint density at radius 2 is 2.11 bits per heavy atom. The van der Waals surface area contributed by atoms with Crippen LogP contribution in [0.5, 0.6) is 0 Å². The quantitative estimate of drug-likeness (QED) is 0.764. The highest BCUT2D eigenvalue weighted by molar-refractivity contribution is 5.83. The zero-order valence-electron chi connectivity index (χ0n) is 12.2. The smallest absolute Gasteiger partial charge is 0.326 e. The summed E-state index contributed by atoms with van der Waals surface area (Å²) in [6.45, 7) is 5.93. The van der Waals surface area contributed by atoms with E-state index in [0.717, 1.165) is 25.9 Å². The molecule has 2 atom stereocenters. The maximum atomic E-state index is 11.9. The van der Waals surface area contributed by atoms with Crippen molar-refractivity contribution in [2.45, 2.75) is 45.6 Å². The summed E-state index contributed by atoms with van der Waals surface area (Å²) in [4.78, 5) is 25.2. The molecule has 1 rings (SSSR count). The second kappa shape index (κ2) is 7.48. The van der Waals surface area contributed by atoms with Crippen LogP contribution in [-0.2, 0) is 9.59 Å². The minimum atomic E-state index is -0.942. The van der Waals surface area contributed by atoms with Crippen LogP contribution >= 0.6 is 0 Å². The van der Waals surface area contributed by atoms with E-state index in [0.29, 0.717) is 18.8 Å². The Bertz CT molecular complexity index is 318. The molecule has 5 nitrogen and oxygen atoms in total. The van der Waals surface area contributed by atoms with Gasteiger partial charge in [0.2, 0.25) is 5.91 Å². The molecule has 0 saturated carbocycles. The van der Waals surface area contributed by atoms with Gasteiger partial charge in [-0.3, -0.25) is 4.79 Å². The van der Waals surface area contributed by atoms with Crippen LogP contribution < -0.4 is 5.32 Å². The van der Waals surface area contributed by atoms with Gasteiger partial charge in [0.25, 0.3) is 0 Å². The number of hydrogen-bond donors (Lipinski definition) is 2. The van der Waals surface area contributed by atoms with E-state index in [1.165, 1.54) is 0 Å². The molecule has 2 N–H and O–H groups in total. The molecule has 1 aliphatic heterocycles. The topological polar surface area (TPSA) is 69.6 Å². The molecule has 1 heterocycles. The van der Waals surface area contributed by atoms with E-state index < -0.39 is 12.0 Å². The Morgan fingerprint density at radius 1 is 1.42 bits per heavy atom. The van der Waals surface area contributed by atoms with Crippen LogP contribution in [0.4, 0.5) is 0 Å². The van der Waals surface area contributed by atoms with Gasteiger partial charge in [0.15, 0.2) is 0 Å². The molecule has 0 aromatic carbocycles. The van der Waals surface area contributed by atoms with Gasteiger partial charge >= 0.3 is 5.97 Å². The average Bonchev–Trinajstić information content (AvgIpc) is 2.27. The van der Waals surface area contributed by atoms with Gasteiger partial charge in [-0.1, -0.05) is 13.8 Å². The Balaban J connectivity index is 2.41. The number of likely N-dealkylation sites (tertiary alicyclic amines) is 1. The van der Waals surface area contributed by atoms with Crippen molar-refractivity contribution >= 4 is 11.9 Å². The normalized spacial score (nSPS) is 22.2. The Hall–Kier alpha value is -1.10. The third-order valence-corrected chi connectivity index (χ3v) is 3.54. The average molecular weight is 270 g/mol. The van der Waals surface area contributed by atoms with Crippen LogP contribution in [0.3, 0.4) is 0 Å². The third-order valence-electron chi connectivity index (χ3n) is 3.54. The molecule has 0 aromatic heterocycles. The van der Waals surface area contributed by atoms with Gasteiger partial charge in [0.05, 0.1) is 0 Å². The summed E-state index contributed by atoms with van der Waals surface area (Å²) in [5.41, 5.74) is 0. The Morgan fingerprint density at radius 3 is 2.63 bits per heavy atom. The standard InChI is InChI=1S/C14H26N2O3/c1-10(2)7-12(14(18)19)15-13(17)8-11-5-4-6-16(3)9-11/h10-12H,4-9H2,1-3H3,(H,15,17)(H,18,19)/t11?,12-/m1/s1. The van der Waals surface area contributed by atoms with Crippen LogP contribution in [0.2, 0.25) is 0 Å². The minimum Gasteiger partial charge on any atom is -0.480 e. The first-order valence-electron chi connectivity index (χ1n) is 7.09. The second-order valence-electron chi connectivity index (χ2n) is 6.06. The molecule has 0 bridgehead atoms. The van der Waals surface area contributed by atoms with Gasteiger partial charge in [0, 0.05) is 13.0 Å². The van der Waals surface area contributed by atoms with Gasteiger partial charge in [-0.15, -0.1) is 0 Å². The lowest BCUT2D eigenvalue weighted by atomic mass is 9.94. The van der Waals surface area contributed by atoms with Crippen molar-refractivity contribution in [3.63, 3.8) is 0 Å². The molecule has 0 aliphatic carbocycles. The fraction of sp³-hybridized carbons (Fsp3) is 0.857. The molecule has 0 aromatic rings. The summed E-state index contributed by atoms with van der Waals surface area (Å²) < 4.78 is 0. The van der Waals surface area contributed by atoms with Gasteiger partial charge in [-0.2, -0.15) is 0 Å². The summed E-state index contributed by atoms with van der Waals surface area (Å²) in [7, 11) is 2.06. The van der Waals surface area contributed by atoms with Crippen molar-refractivity contribution in [1.29, 1.82) is 0 Å². The zero-order valence-corrected chi connectivity index (χ0v) is 12.2. The Labute approximate surface area is 115 Å². The first-order chi connectivity index (χ1) is 8.88. The van der Waals surface area contributed by atoms with E-state index in [2.05, 4.69) is 17.3 Å². The number of carboxylic acids is 1. The molecule has 1 aliphatic rings. The van der Waals surface area contributed by atoms with Crippen molar-refractivity contribution in [2.24, 2.45) is 11.8 Å². The number of hydrogen-bond acceptors (Lipinski definition) is 3. The highest BCUT2D eigenvalue weighted by Gasteiger charge is 2.24. The molecule has 110 valence electrons. The third kappa shape index (κ3) is 6.05. The molecule has 1 unspecified atom stereocenters. The summed E-state index contributed by atoms with van der Waals surface area (Å²) in [6, 6.07) is -0.756. The number of piperidine rings is 1. The fourth-order valence-electron chi connectivity index (χ4n) is 2.65. The molecule has 1 amide bonds. The number of rotatable bonds is 6. The van der Waals surface area contributed by atoms with Crippen LogP contribution in [-0.4, -0.2) is 48.1 Å². The monoisotopic (exact) mass is 270 g/mol. The van der Waals surface area contributed by atoms with Crippen molar-refractivity contribution in [2.75, 3.05) is 20.1 Å². The number of amides is 1. The first kappa shape index (κ1) is 16.0. The van der Waals surface area contributed by atoms with E-state index in [-0.39, 0.29) is 11.8 Å². The van der Waals surface area contributed by atoms with Gasteiger partial charge in [-0.05, 0) is 44.7 Å². The fourth-order valence-corrected chi connectivity index (χ4v) is 2.65.